The molecule has 0 spiro atoms. The van der Waals surface area contributed by atoms with Crippen LogP contribution in [-0.4, -0.2) is 39.1 Å². The Balaban J connectivity index is 1.84. The molecule has 6 nitrogen and oxygen atoms in total. The second kappa shape index (κ2) is 11.1. The van der Waals surface area contributed by atoms with Gasteiger partial charge in [-0.2, -0.15) is 0 Å². The fourth-order valence-corrected chi connectivity index (χ4v) is 3.06. The molecule has 2 aromatic carbocycles. The number of hydrogen-bond acceptors (Lipinski definition) is 4. The molecule has 0 aromatic heterocycles. The summed E-state index contributed by atoms with van der Waals surface area (Å²) in [6.45, 7) is 4.47. The van der Waals surface area contributed by atoms with E-state index in [1.807, 2.05) is 42.5 Å². The summed E-state index contributed by atoms with van der Waals surface area (Å²) in [6.07, 6.45) is 1.88. The predicted octanol–water partition coefficient (Wildman–Crippen LogP) is 3.37. The molecule has 2 aromatic rings. The largest absolute Gasteiger partial charge is 0.493 e. The highest BCUT2D eigenvalue weighted by Gasteiger charge is 2.13. The van der Waals surface area contributed by atoms with Gasteiger partial charge in [0.15, 0.2) is 11.5 Å². The van der Waals surface area contributed by atoms with Crippen molar-refractivity contribution in [2.75, 3.05) is 32.2 Å². The lowest BCUT2D eigenvalue weighted by Crippen LogP contribution is -2.34. The molecule has 0 saturated carbocycles. The van der Waals surface area contributed by atoms with Gasteiger partial charge < -0.3 is 19.7 Å². The van der Waals surface area contributed by atoms with Crippen LogP contribution in [0.1, 0.15) is 31.4 Å². The van der Waals surface area contributed by atoms with Gasteiger partial charge in [0.2, 0.25) is 11.8 Å². The van der Waals surface area contributed by atoms with Crippen molar-refractivity contribution in [1.29, 1.82) is 0 Å². The van der Waals surface area contributed by atoms with E-state index >= 15 is 0 Å². The van der Waals surface area contributed by atoms with Crippen molar-refractivity contribution in [2.24, 2.45) is 0 Å². The molecule has 156 valence electrons. The fourth-order valence-electron chi connectivity index (χ4n) is 3.06. The van der Waals surface area contributed by atoms with Crippen LogP contribution in [0, 0.1) is 0 Å². The van der Waals surface area contributed by atoms with E-state index < -0.39 is 0 Å². The second-order valence-electron chi connectivity index (χ2n) is 6.73. The van der Waals surface area contributed by atoms with E-state index in [1.165, 1.54) is 12.5 Å². The first kappa shape index (κ1) is 22.3. The van der Waals surface area contributed by atoms with Crippen LogP contribution in [0.25, 0.3) is 0 Å². The number of amides is 2. The van der Waals surface area contributed by atoms with E-state index in [0.29, 0.717) is 31.0 Å². The fraction of sp³-hybridized carbons (Fsp3) is 0.391. The van der Waals surface area contributed by atoms with Gasteiger partial charge in [0.25, 0.3) is 0 Å². The Morgan fingerprint density at radius 2 is 1.62 bits per heavy atom. The minimum absolute atomic E-state index is 0.0765. The topological polar surface area (TPSA) is 67.9 Å². The number of nitrogens with one attached hydrogen (secondary N) is 1. The van der Waals surface area contributed by atoms with E-state index in [9.17, 15) is 9.59 Å². The van der Waals surface area contributed by atoms with Crippen LogP contribution in [0.3, 0.4) is 0 Å². The van der Waals surface area contributed by atoms with Crippen LogP contribution in [0.15, 0.2) is 42.5 Å². The van der Waals surface area contributed by atoms with Crippen molar-refractivity contribution in [1.82, 2.24) is 5.32 Å². The molecular weight excluding hydrogens is 368 g/mol. The lowest BCUT2D eigenvalue weighted by atomic mass is 10.1. The van der Waals surface area contributed by atoms with Crippen molar-refractivity contribution in [2.45, 2.75) is 33.1 Å². The maximum Gasteiger partial charge on any atom is 0.223 e. The quantitative estimate of drug-likeness (QED) is 0.666. The van der Waals surface area contributed by atoms with E-state index in [-0.39, 0.29) is 18.2 Å². The highest BCUT2D eigenvalue weighted by atomic mass is 16.5. The molecular formula is C23H30N2O4. The summed E-state index contributed by atoms with van der Waals surface area (Å²) in [5.74, 6) is 1.19. The lowest BCUT2D eigenvalue weighted by molar-refractivity contribution is -0.121. The third kappa shape index (κ3) is 6.52. The summed E-state index contributed by atoms with van der Waals surface area (Å²) in [5, 5.41) is 2.91. The van der Waals surface area contributed by atoms with Gasteiger partial charge in [-0.05, 0) is 48.2 Å². The Morgan fingerprint density at radius 1 is 0.966 bits per heavy atom. The standard InChI is InChI=1S/C23H30N2O4/c1-5-18-6-9-20(10-7-18)25(17(2)26)15-13-23(27)24-14-12-19-8-11-21(28-3)22(16-19)29-4/h6-11,16H,5,12-15H2,1-4H3,(H,24,27). The highest BCUT2D eigenvalue weighted by molar-refractivity contribution is 5.92. The number of anilines is 1. The minimum atomic E-state index is -0.0816. The van der Waals surface area contributed by atoms with Gasteiger partial charge in [-0.3, -0.25) is 9.59 Å². The minimum Gasteiger partial charge on any atom is -0.493 e. The maximum absolute atomic E-state index is 12.2. The summed E-state index contributed by atoms with van der Waals surface area (Å²) in [4.78, 5) is 25.8. The summed E-state index contributed by atoms with van der Waals surface area (Å²) < 4.78 is 10.5. The van der Waals surface area contributed by atoms with Crippen LogP contribution in [0.5, 0.6) is 11.5 Å². The van der Waals surface area contributed by atoms with Crippen molar-refractivity contribution in [3.05, 3.63) is 53.6 Å². The number of ether oxygens (including phenoxy) is 2. The number of carbonyl (C=O) groups excluding carboxylic acids is 2. The molecule has 0 aliphatic rings. The summed E-state index contributed by atoms with van der Waals surface area (Å²) in [5.41, 5.74) is 3.07. The van der Waals surface area contributed by atoms with Crippen LogP contribution in [0.4, 0.5) is 5.69 Å². The molecule has 0 unspecified atom stereocenters. The number of nitrogens with zero attached hydrogens (tertiary/aromatic N) is 1. The second-order valence-corrected chi connectivity index (χ2v) is 6.73. The highest BCUT2D eigenvalue weighted by Crippen LogP contribution is 2.27. The van der Waals surface area contributed by atoms with Crippen LogP contribution in [-0.2, 0) is 22.4 Å². The van der Waals surface area contributed by atoms with Crippen LogP contribution >= 0.6 is 0 Å². The van der Waals surface area contributed by atoms with Gasteiger partial charge in [0, 0.05) is 32.1 Å². The van der Waals surface area contributed by atoms with Crippen molar-refractivity contribution in [3.63, 3.8) is 0 Å². The molecule has 6 heteroatoms. The van der Waals surface area contributed by atoms with Gasteiger partial charge in [-0.15, -0.1) is 0 Å². The molecule has 0 radical (unpaired) electrons. The zero-order chi connectivity index (χ0) is 21.2. The number of aryl methyl sites for hydroxylation is 1. The SMILES string of the molecule is CCc1ccc(N(CCC(=O)NCCc2ccc(OC)c(OC)c2)C(C)=O)cc1. The zero-order valence-corrected chi connectivity index (χ0v) is 17.7. The molecule has 2 rings (SSSR count). The number of carbonyl (C=O) groups is 2. The van der Waals surface area contributed by atoms with E-state index in [2.05, 4.69) is 12.2 Å². The number of rotatable bonds is 10. The molecule has 0 aliphatic carbocycles. The predicted molar refractivity (Wildman–Crippen MR) is 115 cm³/mol. The molecule has 0 fully saturated rings. The van der Waals surface area contributed by atoms with Crippen LogP contribution in [0.2, 0.25) is 0 Å². The molecule has 29 heavy (non-hydrogen) atoms. The first-order chi connectivity index (χ1) is 14.0. The van der Waals surface area contributed by atoms with Gasteiger partial charge in [-0.25, -0.2) is 0 Å². The average molecular weight is 399 g/mol. The average Bonchev–Trinajstić information content (AvgIpc) is 2.74. The zero-order valence-electron chi connectivity index (χ0n) is 17.7. The number of hydrogen-bond donors (Lipinski definition) is 1. The Labute approximate surface area is 172 Å². The Kier molecular flexibility index (Phi) is 8.52. The van der Waals surface area contributed by atoms with Gasteiger partial charge in [0.1, 0.15) is 0 Å². The number of methoxy groups -OCH3 is 2. The molecule has 0 atom stereocenters. The van der Waals surface area contributed by atoms with Gasteiger partial charge >= 0.3 is 0 Å². The first-order valence-corrected chi connectivity index (χ1v) is 9.83. The molecule has 0 bridgehead atoms. The van der Waals surface area contributed by atoms with Gasteiger partial charge in [0.05, 0.1) is 14.2 Å². The van der Waals surface area contributed by atoms with Crippen molar-refractivity contribution in [3.8, 4) is 11.5 Å². The van der Waals surface area contributed by atoms with Gasteiger partial charge in [-0.1, -0.05) is 25.1 Å². The molecule has 2 amide bonds. The molecule has 0 saturated heterocycles. The summed E-state index contributed by atoms with van der Waals surface area (Å²) in [6, 6.07) is 13.6. The normalized spacial score (nSPS) is 10.3. The Morgan fingerprint density at radius 3 is 2.21 bits per heavy atom. The van der Waals surface area contributed by atoms with E-state index in [0.717, 1.165) is 17.7 Å². The van der Waals surface area contributed by atoms with E-state index in [4.69, 9.17) is 9.47 Å². The summed E-state index contributed by atoms with van der Waals surface area (Å²) >= 11 is 0. The van der Waals surface area contributed by atoms with Crippen LogP contribution < -0.4 is 19.7 Å². The summed E-state index contributed by atoms with van der Waals surface area (Å²) in [7, 11) is 3.19. The smallest absolute Gasteiger partial charge is 0.223 e. The third-order valence-corrected chi connectivity index (χ3v) is 4.78. The number of benzene rings is 2. The monoisotopic (exact) mass is 398 g/mol. The molecule has 1 N–H and O–H groups in total. The lowest BCUT2D eigenvalue weighted by Gasteiger charge is -2.21. The first-order valence-electron chi connectivity index (χ1n) is 9.83. The Hall–Kier alpha value is -3.02. The van der Waals surface area contributed by atoms with E-state index in [1.54, 1.807) is 19.1 Å². The van der Waals surface area contributed by atoms with Crippen molar-refractivity contribution >= 4 is 17.5 Å². The third-order valence-electron chi connectivity index (χ3n) is 4.78. The molecule has 0 aliphatic heterocycles. The van der Waals surface area contributed by atoms with Crippen molar-refractivity contribution < 1.29 is 19.1 Å². The maximum atomic E-state index is 12.2. The Bertz CT molecular complexity index is 818. The molecule has 0 heterocycles.